The van der Waals surface area contributed by atoms with E-state index in [2.05, 4.69) is 17.4 Å². The molecule has 0 saturated carbocycles. The number of amides is 1. The summed E-state index contributed by atoms with van der Waals surface area (Å²) in [4.78, 5) is 12.3. The fraction of sp³-hybridized carbons (Fsp3) is 0.300. The second kappa shape index (κ2) is 7.71. The molecule has 1 N–H and O–H groups in total. The lowest BCUT2D eigenvalue weighted by Gasteiger charge is -2.26. The van der Waals surface area contributed by atoms with E-state index in [1.165, 1.54) is 18.2 Å². The number of nitrogens with zero attached hydrogens (tertiary/aromatic N) is 1. The van der Waals surface area contributed by atoms with E-state index in [4.69, 9.17) is 14.7 Å². The molecular weight excluding hydrogens is 316 g/mol. The molecule has 3 rings (SSSR count). The van der Waals surface area contributed by atoms with Crippen molar-refractivity contribution < 1.29 is 14.3 Å². The summed E-state index contributed by atoms with van der Waals surface area (Å²) < 4.78 is 10.8. The summed E-state index contributed by atoms with van der Waals surface area (Å²) in [6, 6.07) is 15.2. The maximum Gasteiger partial charge on any atom is 0.258 e. The fourth-order valence-electron chi connectivity index (χ4n) is 3.14. The first kappa shape index (κ1) is 16.8. The van der Waals surface area contributed by atoms with Crippen LogP contribution in [-0.4, -0.2) is 19.6 Å². The molecule has 0 radical (unpaired) electrons. The third-order valence-electron chi connectivity index (χ3n) is 4.36. The highest BCUT2D eigenvalue weighted by Gasteiger charge is 2.21. The standard InChI is InChI=1S/C20H20N2O3/c1-24-19-11-14(12-21)9-10-18(19)25-13-20(23)22-17-8-4-6-15-5-2-3-7-16(15)17/h2-3,5,7,9-11,17H,4,6,8,13H2,1H3,(H,22,23)/t17-/m0/s1. The van der Waals surface area contributed by atoms with Crippen molar-refractivity contribution >= 4 is 5.91 Å². The van der Waals surface area contributed by atoms with Crippen molar-refractivity contribution in [3.05, 3.63) is 59.2 Å². The Hall–Kier alpha value is -3.00. The Kier molecular flexibility index (Phi) is 5.20. The number of nitrogens with one attached hydrogen (secondary N) is 1. The van der Waals surface area contributed by atoms with Crippen molar-refractivity contribution in [2.24, 2.45) is 0 Å². The van der Waals surface area contributed by atoms with E-state index in [1.54, 1.807) is 18.2 Å². The number of hydrogen-bond acceptors (Lipinski definition) is 4. The molecule has 1 atom stereocenters. The maximum absolute atomic E-state index is 12.3. The molecule has 128 valence electrons. The molecule has 1 aliphatic carbocycles. The van der Waals surface area contributed by atoms with Crippen LogP contribution in [0.15, 0.2) is 42.5 Å². The number of carbonyl (C=O) groups excluding carboxylic acids is 1. The van der Waals surface area contributed by atoms with Crippen molar-refractivity contribution in [1.82, 2.24) is 5.32 Å². The van der Waals surface area contributed by atoms with Gasteiger partial charge in [-0.15, -0.1) is 0 Å². The van der Waals surface area contributed by atoms with Gasteiger partial charge >= 0.3 is 0 Å². The predicted molar refractivity (Wildman–Crippen MR) is 93.5 cm³/mol. The average molecular weight is 336 g/mol. The lowest BCUT2D eigenvalue weighted by Crippen LogP contribution is -2.34. The van der Waals surface area contributed by atoms with Gasteiger partial charge in [-0.3, -0.25) is 4.79 Å². The third-order valence-corrected chi connectivity index (χ3v) is 4.36. The van der Waals surface area contributed by atoms with Crippen molar-refractivity contribution in [2.75, 3.05) is 13.7 Å². The molecule has 0 spiro atoms. The average Bonchev–Trinajstić information content (AvgIpc) is 2.66. The number of hydrogen-bond donors (Lipinski definition) is 1. The van der Waals surface area contributed by atoms with Crippen LogP contribution in [0.5, 0.6) is 11.5 Å². The van der Waals surface area contributed by atoms with E-state index in [9.17, 15) is 4.79 Å². The molecule has 0 fully saturated rings. The first-order chi connectivity index (χ1) is 12.2. The summed E-state index contributed by atoms with van der Waals surface area (Å²) in [7, 11) is 1.50. The molecule has 0 aliphatic heterocycles. The lowest BCUT2D eigenvalue weighted by atomic mass is 9.88. The van der Waals surface area contributed by atoms with E-state index in [1.807, 2.05) is 18.2 Å². The fourth-order valence-corrected chi connectivity index (χ4v) is 3.14. The van der Waals surface area contributed by atoms with Gasteiger partial charge in [-0.2, -0.15) is 5.26 Å². The molecule has 1 amide bonds. The van der Waals surface area contributed by atoms with Gasteiger partial charge in [0.2, 0.25) is 0 Å². The molecule has 25 heavy (non-hydrogen) atoms. The zero-order chi connectivity index (χ0) is 17.6. The van der Waals surface area contributed by atoms with Crippen LogP contribution in [0.2, 0.25) is 0 Å². The topological polar surface area (TPSA) is 71.3 Å². The molecule has 0 unspecified atom stereocenters. The van der Waals surface area contributed by atoms with Crippen LogP contribution in [-0.2, 0) is 11.2 Å². The van der Waals surface area contributed by atoms with Crippen LogP contribution in [0.25, 0.3) is 0 Å². The van der Waals surface area contributed by atoms with Crippen molar-refractivity contribution in [3.8, 4) is 17.6 Å². The lowest BCUT2D eigenvalue weighted by molar-refractivity contribution is -0.124. The van der Waals surface area contributed by atoms with Gasteiger partial charge < -0.3 is 14.8 Å². The Morgan fingerprint density at radius 3 is 2.92 bits per heavy atom. The van der Waals surface area contributed by atoms with Crippen LogP contribution in [0, 0.1) is 11.3 Å². The van der Waals surface area contributed by atoms with Gasteiger partial charge in [0.1, 0.15) is 0 Å². The van der Waals surface area contributed by atoms with Gasteiger partial charge in [0, 0.05) is 6.07 Å². The van der Waals surface area contributed by atoms with Gasteiger partial charge in [-0.25, -0.2) is 0 Å². The highest BCUT2D eigenvalue weighted by molar-refractivity contribution is 5.78. The quantitative estimate of drug-likeness (QED) is 0.910. The van der Waals surface area contributed by atoms with Gasteiger partial charge in [-0.05, 0) is 42.5 Å². The molecule has 1 aliphatic rings. The van der Waals surface area contributed by atoms with E-state index < -0.39 is 0 Å². The predicted octanol–water partition coefficient (Wildman–Crippen LogP) is 3.14. The van der Waals surface area contributed by atoms with Crippen LogP contribution >= 0.6 is 0 Å². The highest BCUT2D eigenvalue weighted by atomic mass is 16.5. The molecule has 2 aromatic carbocycles. The number of methoxy groups -OCH3 is 1. The maximum atomic E-state index is 12.3. The highest BCUT2D eigenvalue weighted by Crippen LogP contribution is 2.30. The Balaban J connectivity index is 1.62. The van der Waals surface area contributed by atoms with Crippen LogP contribution in [0.4, 0.5) is 0 Å². The Morgan fingerprint density at radius 2 is 2.12 bits per heavy atom. The monoisotopic (exact) mass is 336 g/mol. The summed E-state index contributed by atoms with van der Waals surface area (Å²) in [6.07, 6.45) is 3.05. The number of carbonyl (C=O) groups is 1. The molecule has 0 bridgehead atoms. The van der Waals surface area contributed by atoms with Crippen LogP contribution < -0.4 is 14.8 Å². The molecule has 5 heteroatoms. The zero-order valence-electron chi connectivity index (χ0n) is 14.1. The van der Waals surface area contributed by atoms with Gasteiger partial charge in [0.05, 0.1) is 24.8 Å². The largest absolute Gasteiger partial charge is 0.493 e. The molecule has 5 nitrogen and oxygen atoms in total. The van der Waals surface area contributed by atoms with Crippen LogP contribution in [0.3, 0.4) is 0 Å². The molecule has 2 aromatic rings. The van der Waals surface area contributed by atoms with E-state index in [-0.39, 0.29) is 18.6 Å². The smallest absolute Gasteiger partial charge is 0.258 e. The van der Waals surface area contributed by atoms with Crippen molar-refractivity contribution in [2.45, 2.75) is 25.3 Å². The number of nitriles is 1. The molecular formula is C20H20N2O3. The minimum Gasteiger partial charge on any atom is -0.493 e. The van der Waals surface area contributed by atoms with E-state index in [0.717, 1.165) is 19.3 Å². The number of ether oxygens (including phenoxy) is 2. The summed E-state index contributed by atoms with van der Waals surface area (Å²) in [5.74, 6) is 0.712. The molecule has 0 saturated heterocycles. The SMILES string of the molecule is COc1cc(C#N)ccc1OCC(=O)N[C@H]1CCCc2ccccc21. The number of benzene rings is 2. The summed E-state index contributed by atoms with van der Waals surface area (Å²) in [5.41, 5.74) is 2.97. The second-order valence-corrected chi connectivity index (χ2v) is 5.98. The minimum absolute atomic E-state index is 0.0314. The van der Waals surface area contributed by atoms with Gasteiger partial charge in [0.15, 0.2) is 18.1 Å². The Labute approximate surface area is 147 Å². The second-order valence-electron chi connectivity index (χ2n) is 5.98. The summed E-state index contributed by atoms with van der Waals surface area (Å²) in [6.45, 7) is -0.0963. The molecule has 0 heterocycles. The summed E-state index contributed by atoms with van der Waals surface area (Å²) in [5, 5.41) is 12.0. The van der Waals surface area contributed by atoms with E-state index in [0.29, 0.717) is 17.1 Å². The van der Waals surface area contributed by atoms with Crippen LogP contribution in [0.1, 0.15) is 35.6 Å². The van der Waals surface area contributed by atoms with Gasteiger partial charge in [-0.1, -0.05) is 24.3 Å². The number of fused-ring (bicyclic) bond motifs is 1. The Morgan fingerprint density at radius 1 is 1.28 bits per heavy atom. The summed E-state index contributed by atoms with van der Waals surface area (Å²) >= 11 is 0. The van der Waals surface area contributed by atoms with Gasteiger partial charge in [0.25, 0.3) is 5.91 Å². The third kappa shape index (κ3) is 3.92. The zero-order valence-corrected chi connectivity index (χ0v) is 14.1. The van der Waals surface area contributed by atoms with E-state index >= 15 is 0 Å². The van der Waals surface area contributed by atoms with Crippen molar-refractivity contribution in [3.63, 3.8) is 0 Å². The van der Waals surface area contributed by atoms with Crippen molar-refractivity contribution in [1.29, 1.82) is 5.26 Å². The number of aryl methyl sites for hydroxylation is 1. The Bertz CT molecular complexity index is 811. The normalized spacial score (nSPS) is 15.6. The first-order valence-corrected chi connectivity index (χ1v) is 8.29. The molecule has 0 aromatic heterocycles. The first-order valence-electron chi connectivity index (χ1n) is 8.29. The number of rotatable bonds is 5. The minimum atomic E-state index is -0.173.